The quantitative estimate of drug-likeness (QED) is 0.103. The highest BCUT2D eigenvalue weighted by atomic mass is 16.7. The van der Waals surface area contributed by atoms with Gasteiger partial charge in [-0.05, 0) is 44.3 Å². The van der Waals surface area contributed by atoms with Crippen molar-refractivity contribution in [1.82, 2.24) is 0 Å². The molecule has 2 heterocycles. The molecule has 11 atom stereocenters. The van der Waals surface area contributed by atoms with Crippen LogP contribution in [0.2, 0.25) is 0 Å². The first-order valence-corrected chi connectivity index (χ1v) is 16.9. The third kappa shape index (κ3) is 10.7. The Morgan fingerprint density at radius 1 is 0.882 bits per heavy atom. The van der Waals surface area contributed by atoms with Crippen LogP contribution in [0.5, 0.6) is 0 Å². The molecule has 0 aromatic heterocycles. The van der Waals surface area contributed by atoms with Crippen LogP contribution in [-0.4, -0.2) is 127 Å². The van der Waals surface area contributed by atoms with Gasteiger partial charge >= 0.3 is 5.97 Å². The summed E-state index contributed by atoms with van der Waals surface area (Å²) in [5, 5.41) is 70.9. The van der Waals surface area contributed by atoms with E-state index < -0.39 is 104 Å². The number of hydrogen-bond acceptors (Lipinski definition) is 14. The number of carbonyl (C=O) groups is 3. The Labute approximate surface area is 297 Å². The first-order chi connectivity index (χ1) is 23.9. The number of Topliss-reactive ketones (excluding diaryl/α,β-unsaturated/α-hetero) is 2. The molecule has 0 saturated carbocycles. The fourth-order valence-corrected chi connectivity index (χ4v) is 6.10. The molecule has 3 aliphatic rings. The zero-order valence-corrected chi connectivity index (χ0v) is 29.8. The molecule has 2 fully saturated rings. The number of ketones is 2. The SMILES string of the molecule is CC=CC=C(C)C=CC=C(C)C=CC1=C(C)C(=O)C(OC(=O)CCC(=O)C2OC(O)C(O)C(O)C2OC2OC(CO)C(O)C(O)C2O)CC1(C)C. The molecule has 3 rings (SSSR count). The van der Waals surface area contributed by atoms with Crippen molar-refractivity contribution in [3.63, 3.8) is 0 Å². The first-order valence-electron chi connectivity index (χ1n) is 16.9. The average molecular weight is 721 g/mol. The highest BCUT2D eigenvalue weighted by Crippen LogP contribution is 2.41. The Bertz CT molecular complexity index is 1440. The standard InChI is InChI=1S/C37H52O14/c1-7-8-10-19(2)11-9-12-20(3)13-14-22-21(4)27(41)24(17-37(22,5)6)48-26(40)16-15-23(39)33-34(30(44)31(45)35(47)50-33)51-36-32(46)29(43)28(42)25(18-38)49-36/h7-14,24-25,28-36,38,42-47H,15-18H2,1-6H3. The normalized spacial score (nSPS) is 35.3. The van der Waals surface area contributed by atoms with Crippen LogP contribution in [0.15, 0.2) is 70.9 Å². The predicted molar refractivity (Wildman–Crippen MR) is 182 cm³/mol. The van der Waals surface area contributed by atoms with Crippen LogP contribution >= 0.6 is 0 Å². The van der Waals surface area contributed by atoms with Gasteiger partial charge in [-0.15, -0.1) is 0 Å². The molecule has 0 aromatic carbocycles. The van der Waals surface area contributed by atoms with Gasteiger partial charge in [-0.3, -0.25) is 14.4 Å². The van der Waals surface area contributed by atoms with Crippen LogP contribution in [0, 0.1) is 5.41 Å². The van der Waals surface area contributed by atoms with Crippen molar-refractivity contribution in [2.24, 2.45) is 5.41 Å². The molecule has 0 radical (unpaired) electrons. The van der Waals surface area contributed by atoms with E-state index in [1.54, 1.807) is 6.92 Å². The van der Waals surface area contributed by atoms with E-state index >= 15 is 0 Å². The first kappa shape index (κ1) is 42.3. The van der Waals surface area contributed by atoms with E-state index in [9.17, 15) is 50.1 Å². The van der Waals surface area contributed by atoms with Gasteiger partial charge in [-0.25, -0.2) is 0 Å². The molecule has 2 saturated heterocycles. The predicted octanol–water partition coefficient (Wildman–Crippen LogP) is 0.768. The highest BCUT2D eigenvalue weighted by molar-refractivity contribution is 6.01. The maximum atomic E-state index is 13.3. The lowest BCUT2D eigenvalue weighted by Gasteiger charge is -2.45. The summed E-state index contributed by atoms with van der Waals surface area (Å²) in [7, 11) is 0. The van der Waals surface area contributed by atoms with Crippen molar-refractivity contribution < 1.29 is 69.1 Å². The van der Waals surface area contributed by atoms with Crippen molar-refractivity contribution in [3.8, 4) is 0 Å². The Kier molecular flexibility index (Phi) is 15.4. The maximum Gasteiger partial charge on any atom is 0.306 e. The van der Waals surface area contributed by atoms with E-state index in [1.807, 2.05) is 83.2 Å². The second kappa shape index (κ2) is 18.6. The molecule has 14 nitrogen and oxygen atoms in total. The topological polar surface area (TPSA) is 230 Å². The monoisotopic (exact) mass is 720 g/mol. The summed E-state index contributed by atoms with van der Waals surface area (Å²) in [6, 6.07) is 0. The molecule has 7 N–H and O–H groups in total. The van der Waals surface area contributed by atoms with Crippen LogP contribution in [0.3, 0.4) is 0 Å². The fourth-order valence-electron chi connectivity index (χ4n) is 6.10. The van der Waals surface area contributed by atoms with Gasteiger partial charge in [0.15, 0.2) is 30.3 Å². The number of esters is 1. The maximum absolute atomic E-state index is 13.3. The van der Waals surface area contributed by atoms with E-state index in [-0.39, 0.29) is 12.2 Å². The van der Waals surface area contributed by atoms with Gasteiger partial charge in [-0.2, -0.15) is 0 Å². The number of hydrogen-bond donors (Lipinski definition) is 7. The van der Waals surface area contributed by atoms with Gasteiger partial charge < -0.3 is 54.7 Å². The average Bonchev–Trinajstić information content (AvgIpc) is 3.08. The van der Waals surface area contributed by atoms with Gasteiger partial charge in [0.05, 0.1) is 13.0 Å². The number of aliphatic hydroxyl groups is 7. The summed E-state index contributed by atoms with van der Waals surface area (Å²) in [5.74, 6) is -2.10. The summed E-state index contributed by atoms with van der Waals surface area (Å²) in [6.45, 7) is 10.6. The second-order valence-electron chi connectivity index (χ2n) is 13.7. The van der Waals surface area contributed by atoms with Crippen molar-refractivity contribution in [2.45, 2.75) is 128 Å². The van der Waals surface area contributed by atoms with Crippen LogP contribution in [-0.2, 0) is 33.3 Å². The van der Waals surface area contributed by atoms with Gasteiger partial charge in [0.2, 0.25) is 0 Å². The number of carbonyl (C=O) groups excluding carboxylic acids is 3. The Hall–Kier alpha value is -3.15. The minimum atomic E-state index is -2.03. The van der Waals surface area contributed by atoms with E-state index in [1.165, 1.54) is 0 Å². The minimum Gasteiger partial charge on any atom is -0.454 e. The zero-order chi connectivity index (χ0) is 38.2. The zero-order valence-electron chi connectivity index (χ0n) is 29.8. The molecular weight excluding hydrogens is 668 g/mol. The summed E-state index contributed by atoms with van der Waals surface area (Å²) in [6.07, 6.45) is -4.55. The van der Waals surface area contributed by atoms with Gasteiger partial charge in [0, 0.05) is 12.8 Å². The summed E-state index contributed by atoms with van der Waals surface area (Å²) >= 11 is 0. The Balaban J connectivity index is 1.66. The molecule has 14 heteroatoms. The molecule has 0 amide bonds. The van der Waals surface area contributed by atoms with Crippen molar-refractivity contribution in [3.05, 3.63) is 70.9 Å². The van der Waals surface area contributed by atoms with Crippen molar-refractivity contribution in [2.75, 3.05) is 6.61 Å². The van der Waals surface area contributed by atoms with Crippen LogP contribution in [0.25, 0.3) is 0 Å². The van der Waals surface area contributed by atoms with Gasteiger partial charge in [0.1, 0.15) is 48.8 Å². The molecule has 11 unspecified atom stereocenters. The number of rotatable bonds is 13. The van der Waals surface area contributed by atoms with E-state index in [0.29, 0.717) is 5.57 Å². The van der Waals surface area contributed by atoms with Crippen LogP contribution < -0.4 is 0 Å². The summed E-state index contributed by atoms with van der Waals surface area (Å²) in [4.78, 5) is 39.5. The lowest BCUT2D eigenvalue weighted by atomic mass is 9.71. The Morgan fingerprint density at radius 2 is 1.53 bits per heavy atom. The number of aliphatic hydroxyl groups excluding tert-OH is 7. The van der Waals surface area contributed by atoms with Crippen LogP contribution in [0.1, 0.15) is 60.8 Å². The van der Waals surface area contributed by atoms with E-state index in [2.05, 4.69) is 0 Å². The van der Waals surface area contributed by atoms with Crippen LogP contribution in [0.4, 0.5) is 0 Å². The third-order valence-corrected chi connectivity index (χ3v) is 9.14. The lowest BCUT2D eigenvalue weighted by molar-refractivity contribution is -0.349. The Morgan fingerprint density at radius 3 is 2.18 bits per heavy atom. The highest BCUT2D eigenvalue weighted by Gasteiger charge is 2.52. The molecule has 2 aliphatic heterocycles. The van der Waals surface area contributed by atoms with Gasteiger partial charge in [0.25, 0.3) is 0 Å². The lowest BCUT2D eigenvalue weighted by Crippen LogP contribution is -2.65. The van der Waals surface area contributed by atoms with Gasteiger partial charge in [-0.1, -0.05) is 73.6 Å². The minimum absolute atomic E-state index is 0.192. The molecule has 0 bridgehead atoms. The second-order valence-corrected chi connectivity index (χ2v) is 13.7. The molecule has 0 aromatic rings. The number of allylic oxidation sites excluding steroid dienone is 11. The third-order valence-electron chi connectivity index (χ3n) is 9.14. The molecule has 1 aliphatic carbocycles. The van der Waals surface area contributed by atoms with E-state index in [0.717, 1.165) is 16.7 Å². The summed E-state index contributed by atoms with van der Waals surface area (Å²) < 4.78 is 21.5. The number of ether oxygens (including phenoxy) is 4. The largest absolute Gasteiger partial charge is 0.454 e. The molecule has 284 valence electrons. The smallest absolute Gasteiger partial charge is 0.306 e. The van der Waals surface area contributed by atoms with Crippen molar-refractivity contribution in [1.29, 1.82) is 0 Å². The van der Waals surface area contributed by atoms with Crippen molar-refractivity contribution >= 4 is 17.5 Å². The summed E-state index contributed by atoms with van der Waals surface area (Å²) in [5.41, 5.74) is 2.75. The molecule has 51 heavy (non-hydrogen) atoms. The molecule has 0 spiro atoms. The fraction of sp³-hybridized carbons (Fsp3) is 0.595. The molecular formula is C37H52O14. The van der Waals surface area contributed by atoms with E-state index in [4.69, 9.17) is 18.9 Å².